The Kier molecular flexibility index (Phi) is 7.40. The molecule has 0 aliphatic carbocycles. The Hall–Kier alpha value is -2.23. The van der Waals surface area contributed by atoms with E-state index in [0.717, 1.165) is 51.3 Å². The van der Waals surface area contributed by atoms with Crippen molar-refractivity contribution in [3.05, 3.63) is 48.7 Å². The topological polar surface area (TPSA) is 43.4 Å². The van der Waals surface area contributed by atoms with Crippen molar-refractivity contribution in [2.45, 2.75) is 32.6 Å². The highest BCUT2D eigenvalue weighted by molar-refractivity contribution is 5.83. The molecule has 0 unspecified atom stereocenters. The Labute approximate surface area is 145 Å². The van der Waals surface area contributed by atoms with Gasteiger partial charge in [-0.05, 0) is 44.2 Å². The fourth-order valence-electron chi connectivity index (χ4n) is 2.84. The molecule has 0 radical (unpaired) electrons. The number of aryl methyl sites for hydroxylation is 1. The fraction of sp³-hybridized carbons (Fsp3) is 0.450. The number of unbranched alkanes of at least 4 members (excludes halogenated alkanes) is 1. The van der Waals surface area contributed by atoms with Gasteiger partial charge in [-0.3, -0.25) is 4.99 Å². The average Bonchev–Trinajstić information content (AvgIpc) is 3.01. The Morgan fingerprint density at radius 2 is 2.17 bits per heavy atom. The minimum atomic E-state index is 0.841. The number of rotatable bonds is 9. The third kappa shape index (κ3) is 5.15. The van der Waals surface area contributed by atoms with Crippen LogP contribution in [0.2, 0.25) is 0 Å². The lowest BCUT2D eigenvalue weighted by molar-refractivity contribution is 0.470. The number of aliphatic imine (C=N–C) groups is 1. The standard InChI is InChI=1S/C20H30N4/c1-4-6-9-15-24(3)20(21-5-2)22-14-10-11-17-16-23-19-13-8-7-12-18(17)19/h4,7-8,12-13,16,23H,1,5-6,9-11,14-15H2,2-3H3,(H,21,22). The van der Waals surface area contributed by atoms with Crippen LogP contribution in [0.15, 0.2) is 48.1 Å². The van der Waals surface area contributed by atoms with Crippen molar-refractivity contribution in [3.63, 3.8) is 0 Å². The van der Waals surface area contributed by atoms with Crippen LogP contribution in [0.25, 0.3) is 10.9 Å². The minimum absolute atomic E-state index is 0.841. The Morgan fingerprint density at radius 3 is 2.96 bits per heavy atom. The zero-order valence-electron chi connectivity index (χ0n) is 15.0. The van der Waals surface area contributed by atoms with Crippen molar-refractivity contribution >= 4 is 16.9 Å². The molecule has 0 fully saturated rings. The Balaban J connectivity index is 1.86. The van der Waals surface area contributed by atoms with Gasteiger partial charge >= 0.3 is 0 Å². The summed E-state index contributed by atoms with van der Waals surface area (Å²) >= 11 is 0. The summed E-state index contributed by atoms with van der Waals surface area (Å²) in [5, 5.41) is 4.71. The maximum absolute atomic E-state index is 4.77. The molecule has 1 heterocycles. The van der Waals surface area contributed by atoms with Gasteiger partial charge in [0.2, 0.25) is 0 Å². The summed E-state index contributed by atoms with van der Waals surface area (Å²) in [5.74, 6) is 1.00. The second-order valence-corrected chi connectivity index (χ2v) is 6.05. The molecule has 2 aromatic rings. The lowest BCUT2D eigenvalue weighted by Gasteiger charge is -2.21. The second kappa shape index (κ2) is 9.81. The molecule has 2 rings (SSSR count). The van der Waals surface area contributed by atoms with Gasteiger partial charge in [0.25, 0.3) is 0 Å². The van der Waals surface area contributed by atoms with Gasteiger partial charge in [-0.15, -0.1) is 6.58 Å². The summed E-state index contributed by atoms with van der Waals surface area (Å²) < 4.78 is 0. The van der Waals surface area contributed by atoms with E-state index in [1.54, 1.807) is 0 Å². The van der Waals surface area contributed by atoms with E-state index in [0.29, 0.717) is 0 Å². The van der Waals surface area contributed by atoms with Crippen LogP contribution < -0.4 is 5.32 Å². The third-order valence-electron chi connectivity index (χ3n) is 4.14. The number of guanidine groups is 1. The van der Waals surface area contributed by atoms with Crippen LogP contribution in [0.1, 0.15) is 31.7 Å². The highest BCUT2D eigenvalue weighted by atomic mass is 15.3. The van der Waals surface area contributed by atoms with Crippen molar-refractivity contribution in [1.29, 1.82) is 0 Å². The first-order valence-electron chi connectivity index (χ1n) is 8.91. The van der Waals surface area contributed by atoms with Gasteiger partial charge in [-0.1, -0.05) is 24.3 Å². The summed E-state index contributed by atoms with van der Waals surface area (Å²) in [6, 6.07) is 8.47. The van der Waals surface area contributed by atoms with E-state index in [2.05, 4.69) is 66.2 Å². The first-order chi connectivity index (χ1) is 11.8. The predicted molar refractivity (Wildman–Crippen MR) is 105 cm³/mol. The second-order valence-electron chi connectivity index (χ2n) is 6.05. The summed E-state index contributed by atoms with van der Waals surface area (Å²) in [4.78, 5) is 10.3. The lowest BCUT2D eigenvalue weighted by Crippen LogP contribution is -2.39. The number of nitrogens with one attached hydrogen (secondary N) is 2. The van der Waals surface area contributed by atoms with Gasteiger partial charge in [0, 0.05) is 43.8 Å². The first-order valence-corrected chi connectivity index (χ1v) is 8.91. The molecule has 0 aliphatic heterocycles. The molecule has 130 valence electrons. The zero-order valence-corrected chi connectivity index (χ0v) is 15.0. The molecule has 4 nitrogen and oxygen atoms in total. The number of aromatic amines is 1. The van der Waals surface area contributed by atoms with E-state index >= 15 is 0 Å². The Morgan fingerprint density at radius 1 is 1.33 bits per heavy atom. The smallest absolute Gasteiger partial charge is 0.193 e. The SMILES string of the molecule is C=CCCCN(C)C(=NCCCc1c[nH]c2ccccc12)NCC. The molecule has 1 aromatic carbocycles. The lowest BCUT2D eigenvalue weighted by atomic mass is 10.1. The maximum atomic E-state index is 4.77. The molecular weight excluding hydrogens is 296 g/mol. The average molecular weight is 326 g/mol. The van der Waals surface area contributed by atoms with Gasteiger partial charge in [-0.25, -0.2) is 0 Å². The molecule has 4 heteroatoms. The van der Waals surface area contributed by atoms with Crippen molar-refractivity contribution in [3.8, 4) is 0 Å². The van der Waals surface area contributed by atoms with E-state index in [-0.39, 0.29) is 0 Å². The quantitative estimate of drug-likeness (QED) is 0.317. The number of aromatic nitrogens is 1. The fourth-order valence-corrected chi connectivity index (χ4v) is 2.84. The van der Waals surface area contributed by atoms with Crippen LogP contribution in [-0.2, 0) is 6.42 Å². The largest absolute Gasteiger partial charge is 0.361 e. The summed E-state index contributed by atoms with van der Waals surface area (Å²) in [6.07, 6.45) is 8.36. The number of H-pyrrole nitrogens is 1. The molecule has 0 saturated carbocycles. The van der Waals surface area contributed by atoms with Crippen LogP contribution in [0.3, 0.4) is 0 Å². The van der Waals surface area contributed by atoms with E-state index in [1.807, 2.05) is 6.08 Å². The number of allylic oxidation sites excluding steroid dienone is 1. The molecular formula is C20H30N4. The highest BCUT2D eigenvalue weighted by Gasteiger charge is 2.05. The van der Waals surface area contributed by atoms with Gasteiger partial charge in [0.1, 0.15) is 0 Å². The van der Waals surface area contributed by atoms with Crippen LogP contribution >= 0.6 is 0 Å². The number of hydrogen-bond donors (Lipinski definition) is 2. The normalized spacial score (nSPS) is 11.7. The van der Waals surface area contributed by atoms with E-state index in [9.17, 15) is 0 Å². The van der Waals surface area contributed by atoms with Crippen molar-refractivity contribution in [1.82, 2.24) is 15.2 Å². The summed E-state index contributed by atoms with van der Waals surface area (Å²) in [6.45, 7) is 8.63. The molecule has 0 atom stereocenters. The number of para-hydroxylation sites is 1. The molecule has 0 saturated heterocycles. The molecule has 0 spiro atoms. The number of benzene rings is 1. The summed E-state index contributed by atoms with van der Waals surface area (Å²) in [7, 11) is 2.10. The van der Waals surface area contributed by atoms with E-state index in [1.165, 1.54) is 16.5 Å². The Bertz CT molecular complexity index is 656. The van der Waals surface area contributed by atoms with Gasteiger partial charge < -0.3 is 15.2 Å². The molecule has 0 amide bonds. The molecule has 1 aromatic heterocycles. The maximum Gasteiger partial charge on any atom is 0.193 e. The minimum Gasteiger partial charge on any atom is -0.361 e. The monoisotopic (exact) mass is 326 g/mol. The zero-order chi connectivity index (χ0) is 17.2. The highest BCUT2D eigenvalue weighted by Crippen LogP contribution is 2.18. The van der Waals surface area contributed by atoms with Gasteiger partial charge in [-0.2, -0.15) is 0 Å². The number of fused-ring (bicyclic) bond motifs is 1. The summed E-state index contributed by atoms with van der Waals surface area (Å²) in [5.41, 5.74) is 2.59. The van der Waals surface area contributed by atoms with E-state index < -0.39 is 0 Å². The number of nitrogens with zero attached hydrogens (tertiary/aromatic N) is 2. The van der Waals surface area contributed by atoms with Crippen LogP contribution in [0, 0.1) is 0 Å². The van der Waals surface area contributed by atoms with Gasteiger partial charge in [0.15, 0.2) is 5.96 Å². The van der Waals surface area contributed by atoms with Crippen molar-refractivity contribution in [2.75, 3.05) is 26.7 Å². The van der Waals surface area contributed by atoms with Gasteiger partial charge in [0.05, 0.1) is 0 Å². The molecule has 2 N–H and O–H groups in total. The molecule has 0 aliphatic rings. The van der Waals surface area contributed by atoms with Crippen molar-refractivity contribution < 1.29 is 0 Å². The van der Waals surface area contributed by atoms with Crippen LogP contribution in [0.4, 0.5) is 0 Å². The van der Waals surface area contributed by atoms with Crippen LogP contribution in [0.5, 0.6) is 0 Å². The predicted octanol–water partition coefficient (Wildman–Crippen LogP) is 3.96. The first kappa shape index (κ1) is 18.1. The van der Waals surface area contributed by atoms with E-state index in [4.69, 9.17) is 4.99 Å². The molecule has 0 bridgehead atoms. The van der Waals surface area contributed by atoms with Crippen molar-refractivity contribution in [2.24, 2.45) is 4.99 Å². The molecule has 24 heavy (non-hydrogen) atoms. The van der Waals surface area contributed by atoms with Crippen LogP contribution in [-0.4, -0.2) is 42.5 Å². The number of hydrogen-bond acceptors (Lipinski definition) is 1. The third-order valence-corrected chi connectivity index (χ3v) is 4.14.